The fourth-order valence-corrected chi connectivity index (χ4v) is 4.93. The molecule has 3 heterocycles. The Morgan fingerprint density at radius 1 is 1.27 bits per heavy atom. The van der Waals surface area contributed by atoms with Crippen LogP contribution in [0.2, 0.25) is 0 Å². The second-order valence-corrected chi connectivity index (χ2v) is 7.97. The number of ether oxygens (including phenoxy) is 1. The maximum Gasteiger partial charge on any atom is 0.139 e. The summed E-state index contributed by atoms with van der Waals surface area (Å²) in [5.41, 5.74) is 5.13. The third kappa shape index (κ3) is 2.78. The highest BCUT2D eigenvalue weighted by atomic mass is 32.1. The van der Waals surface area contributed by atoms with Gasteiger partial charge in [-0.25, -0.2) is 0 Å². The third-order valence-electron chi connectivity index (χ3n) is 5.79. The largest absolute Gasteiger partial charge is 0.491 e. The van der Waals surface area contributed by atoms with Gasteiger partial charge in [-0.2, -0.15) is 11.3 Å². The summed E-state index contributed by atoms with van der Waals surface area (Å²) in [5.74, 6) is 0.998. The Hall–Kier alpha value is -2.04. The molecule has 0 amide bonds. The number of hydrogen-bond donors (Lipinski definition) is 1. The first-order valence-corrected chi connectivity index (χ1v) is 10.2. The van der Waals surface area contributed by atoms with Crippen LogP contribution >= 0.6 is 11.3 Å². The number of para-hydroxylation sites is 1. The van der Waals surface area contributed by atoms with Gasteiger partial charge in [-0.1, -0.05) is 25.1 Å². The molecule has 4 heteroatoms. The Balaban J connectivity index is 1.73. The van der Waals surface area contributed by atoms with Gasteiger partial charge in [0, 0.05) is 22.9 Å². The van der Waals surface area contributed by atoms with E-state index in [0.29, 0.717) is 0 Å². The van der Waals surface area contributed by atoms with Crippen LogP contribution in [0.15, 0.2) is 47.2 Å². The summed E-state index contributed by atoms with van der Waals surface area (Å²) < 4.78 is 6.08. The highest BCUT2D eigenvalue weighted by Crippen LogP contribution is 2.38. The average molecular weight is 367 g/mol. The van der Waals surface area contributed by atoms with Crippen LogP contribution in [0, 0.1) is 0 Å². The zero-order valence-corrected chi connectivity index (χ0v) is 16.5. The standard InChI is InChI=1S/C22H26N2OS/c1-4-22(24(2)3,16-11-14-26-15-16)12-9-20-21-18(10-13-25-20)17-7-5-6-8-19(17)23-21/h5-9,11,14-15,23H,4,10,12-13H2,1-3H3/b20-9-. The van der Waals surface area contributed by atoms with Crippen LogP contribution in [0.1, 0.15) is 36.6 Å². The molecule has 1 aliphatic rings. The Kier molecular flexibility index (Phi) is 4.63. The minimum atomic E-state index is -0.0000139. The van der Waals surface area contributed by atoms with E-state index >= 15 is 0 Å². The molecule has 0 spiro atoms. The lowest BCUT2D eigenvalue weighted by atomic mass is 9.84. The Morgan fingerprint density at radius 2 is 2.12 bits per heavy atom. The van der Waals surface area contributed by atoms with Crippen molar-refractivity contribution in [2.45, 2.75) is 31.7 Å². The number of H-pyrrole nitrogens is 1. The molecule has 0 saturated carbocycles. The van der Waals surface area contributed by atoms with Gasteiger partial charge in [-0.3, -0.25) is 4.90 Å². The molecule has 1 aliphatic heterocycles. The van der Waals surface area contributed by atoms with Gasteiger partial charge in [0.1, 0.15) is 5.76 Å². The highest BCUT2D eigenvalue weighted by Gasteiger charge is 2.33. The second-order valence-electron chi connectivity index (χ2n) is 7.19. The first kappa shape index (κ1) is 17.4. The van der Waals surface area contributed by atoms with E-state index in [4.69, 9.17) is 4.74 Å². The molecule has 1 unspecified atom stereocenters. The van der Waals surface area contributed by atoms with Crippen molar-refractivity contribution < 1.29 is 4.74 Å². The van der Waals surface area contributed by atoms with E-state index in [0.717, 1.165) is 37.3 Å². The van der Waals surface area contributed by atoms with E-state index in [-0.39, 0.29) is 5.54 Å². The molecule has 3 nitrogen and oxygen atoms in total. The van der Waals surface area contributed by atoms with E-state index in [2.05, 4.69) is 78.1 Å². The lowest BCUT2D eigenvalue weighted by Crippen LogP contribution is -2.40. The molecule has 26 heavy (non-hydrogen) atoms. The van der Waals surface area contributed by atoms with Gasteiger partial charge in [0.2, 0.25) is 0 Å². The number of aromatic amines is 1. The van der Waals surface area contributed by atoms with Gasteiger partial charge in [0.25, 0.3) is 0 Å². The maximum atomic E-state index is 6.08. The summed E-state index contributed by atoms with van der Waals surface area (Å²) in [4.78, 5) is 5.93. The number of aromatic nitrogens is 1. The predicted octanol–water partition coefficient (Wildman–Crippen LogP) is 5.40. The molecule has 1 aromatic carbocycles. The SMILES string of the molecule is CCC(C/C=C1\OCCc2c1[nH]c1ccccc21)(c1ccsc1)N(C)C. The average Bonchev–Trinajstić information content (AvgIpc) is 3.31. The first-order chi connectivity index (χ1) is 12.7. The number of rotatable bonds is 5. The van der Waals surface area contributed by atoms with E-state index in [1.54, 1.807) is 11.3 Å². The van der Waals surface area contributed by atoms with Crippen LogP contribution in [0.4, 0.5) is 0 Å². The summed E-state index contributed by atoms with van der Waals surface area (Å²) in [6.45, 7) is 3.02. The third-order valence-corrected chi connectivity index (χ3v) is 6.48. The molecule has 0 aliphatic carbocycles. The number of fused-ring (bicyclic) bond motifs is 3. The first-order valence-electron chi connectivity index (χ1n) is 9.28. The highest BCUT2D eigenvalue weighted by molar-refractivity contribution is 7.08. The van der Waals surface area contributed by atoms with Crippen LogP contribution in [0.5, 0.6) is 0 Å². The summed E-state index contributed by atoms with van der Waals surface area (Å²) in [5, 5.41) is 5.77. The van der Waals surface area contributed by atoms with Crippen molar-refractivity contribution in [3.63, 3.8) is 0 Å². The minimum absolute atomic E-state index is 0.0000139. The summed E-state index contributed by atoms with van der Waals surface area (Å²) in [7, 11) is 4.35. The molecule has 136 valence electrons. The number of thiophene rings is 1. The summed E-state index contributed by atoms with van der Waals surface area (Å²) in [6.07, 6.45) is 5.24. The van der Waals surface area contributed by atoms with E-state index in [9.17, 15) is 0 Å². The number of benzene rings is 1. The van der Waals surface area contributed by atoms with Crippen LogP contribution in [-0.4, -0.2) is 30.6 Å². The lowest BCUT2D eigenvalue weighted by molar-refractivity contribution is 0.147. The lowest BCUT2D eigenvalue weighted by Gasteiger charge is -2.38. The molecular formula is C22H26N2OS. The molecule has 2 aromatic heterocycles. The van der Waals surface area contributed by atoms with Crippen molar-refractivity contribution in [2.75, 3.05) is 20.7 Å². The monoisotopic (exact) mass is 366 g/mol. The molecule has 0 radical (unpaired) electrons. The van der Waals surface area contributed by atoms with E-state index < -0.39 is 0 Å². The van der Waals surface area contributed by atoms with Crippen LogP contribution in [-0.2, 0) is 16.7 Å². The molecular weight excluding hydrogens is 340 g/mol. The predicted molar refractivity (Wildman–Crippen MR) is 111 cm³/mol. The molecule has 0 bridgehead atoms. The number of hydrogen-bond acceptors (Lipinski definition) is 3. The van der Waals surface area contributed by atoms with Crippen molar-refractivity contribution in [2.24, 2.45) is 0 Å². The Morgan fingerprint density at radius 3 is 2.85 bits per heavy atom. The number of nitrogens with zero attached hydrogens (tertiary/aromatic N) is 1. The summed E-state index contributed by atoms with van der Waals surface area (Å²) in [6, 6.07) is 10.8. The zero-order chi connectivity index (χ0) is 18.1. The molecule has 4 rings (SSSR count). The molecule has 1 atom stereocenters. The normalized spacial score (nSPS) is 18.1. The van der Waals surface area contributed by atoms with Crippen molar-refractivity contribution in [3.8, 4) is 0 Å². The fourth-order valence-electron chi connectivity index (χ4n) is 4.18. The van der Waals surface area contributed by atoms with Crippen LogP contribution in [0.25, 0.3) is 16.7 Å². The molecule has 0 saturated heterocycles. The minimum Gasteiger partial charge on any atom is -0.491 e. The van der Waals surface area contributed by atoms with Crippen LogP contribution < -0.4 is 0 Å². The Labute approximate surface area is 159 Å². The van der Waals surface area contributed by atoms with Crippen molar-refractivity contribution >= 4 is 28.0 Å². The summed E-state index contributed by atoms with van der Waals surface area (Å²) >= 11 is 1.77. The van der Waals surface area contributed by atoms with Gasteiger partial charge in [0.05, 0.1) is 12.3 Å². The number of nitrogens with one attached hydrogen (secondary N) is 1. The molecule has 3 aromatic rings. The Bertz CT molecular complexity index is 923. The van der Waals surface area contributed by atoms with Gasteiger partial charge < -0.3 is 9.72 Å². The zero-order valence-electron chi connectivity index (χ0n) is 15.7. The van der Waals surface area contributed by atoms with Gasteiger partial charge in [-0.15, -0.1) is 0 Å². The second kappa shape index (κ2) is 6.93. The van der Waals surface area contributed by atoms with Crippen molar-refractivity contribution in [3.05, 3.63) is 64.0 Å². The fraction of sp³-hybridized carbons (Fsp3) is 0.364. The van der Waals surface area contributed by atoms with Crippen LogP contribution in [0.3, 0.4) is 0 Å². The quantitative estimate of drug-likeness (QED) is 0.655. The van der Waals surface area contributed by atoms with E-state index in [1.165, 1.54) is 22.0 Å². The molecule has 1 N–H and O–H groups in total. The van der Waals surface area contributed by atoms with Gasteiger partial charge in [-0.05, 0) is 67.0 Å². The van der Waals surface area contributed by atoms with Gasteiger partial charge >= 0.3 is 0 Å². The van der Waals surface area contributed by atoms with E-state index in [1.807, 2.05) is 0 Å². The maximum absolute atomic E-state index is 6.08. The smallest absolute Gasteiger partial charge is 0.139 e. The molecule has 0 fully saturated rings. The van der Waals surface area contributed by atoms with Crippen molar-refractivity contribution in [1.29, 1.82) is 0 Å². The van der Waals surface area contributed by atoms with Gasteiger partial charge in [0.15, 0.2) is 0 Å². The van der Waals surface area contributed by atoms with Crippen molar-refractivity contribution in [1.82, 2.24) is 9.88 Å². The topological polar surface area (TPSA) is 28.3 Å².